The lowest BCUT2D eigenvalue weighted by molar-refractivity contribution is -0.160. The number of nitrogens with one attached hydrogen (secondary N) is 1. The van der Waals surface area contributed by atoms with Crippen molar-refractivity contribution in [3.05, 3.63) is 32.6 Å². The number of rotatable bonds is 3. The molecule has 1 fully saturated rings. The van der Waals surface area contributed by atoms with Crippen LogP contribution < -0.4 is 17.0 Å². The van der Waals surface area contributed by atoms with E-state index in [1.807, 2.05) is 20.8 Å². The van der Waals surface area contributed by atoms with Crippen molar-refractivity contribution in [1.29, 1.82) is 0 Å². The van der Waals surface area contributed by atoms with E-state index in [0.29, 0.717) is 6.42 Å². The normalized spacial score (nSPS) is 28.0. The second kappa shape index (κ2) is 5.61. The summed E-state index contributed by atoms with van der Waals surface area (Å²) in [5, 5.41) is 10.3. The summed E-state index contributed by atoms with van der Waals surface area (Å²) < 4.78 is 6.75. The minimum atomic E-state index is -1.80. The van der Waals surface area contributed by atoms with Crippen LogP contribution in [0, 0.1) is 12.3 Å². The first-order valence-corrected chi connectivity index (χ1v) is 7.45. The number of aryl methyl sites for hydroxylation is 1. The Morgan fingerprint density at radius 1 is 1.52 bits per heavy atom. The Balaban J connectivity index is 2.52. The molecule has 0 bridgehead atoms. The van der Waals surface area contributed by atoms with Gasteiger partial charge >= 0.3 is 5.69 Å². The Hall–Kier alpha value is -1.93. The number of carbonyl (C=O) groups excluding carboxylic acids is 1. The van der Waals surface area contributed by atoms with Gasteiger partial charge in [-0.05, 0) is 18.8 Å². The van der Waals surface area contributed by atoms with Crippen LogP contribution in [0.25, 0.3) is 0 Å². The van der Waals surface area contributed by atoms with Crippen molar-refractivity contribution in [2.45, 2.75) is 58.5 Å². The minimum absolute atomic E-state index is 0.144. The van der Waals surface area contributed by atoms with E-state index in [-0.39, 0.29) is 17.4 Å². The summed E-state index contributed by atoms with van der Waals surface area (Å²) in [4.78, 5) is 37.8. The fraction of sp³-hybridized carbons (Fsp3) is 0.667. The predicted octanol–water partition coefficient (Wildman–Crippen LogP) is -0.431. The van der Waals surface area contributed by atoms with Crippen LogP contribution >= 0.6 is 0 Å². The molecule has 0 spiro atoms. The number of aromatic nitrogens is 2. The van der Waals surface area contributed by atoms with E-state index in [1.54, 1.807) is 0 Å². The van der Waals surface area contributed by atoms with Crippen LogP contribution in [-0.2, 0) is 15.3 Å². The summed E-state index contributed by atoms with van der Waals surface area (Å²) in [6, 6.07) is 0. The van der Waals surface area contributed by atoms with Gasteiger partial charge in [-0.15, -0.1) is 0 Å². The first-order chi connectivity index (χ1) is 10.5. The standard InChI is InChI=1S/C15H23N3O5/c1-8-7-18(13(22)17-11(8)20)15(12(16)21)5-9(19)10(23-15)6-14(2,3)4/h7,9-10,19H,5-6H2,1-4H3,(H2,16,21)(H,17,20,22)/t9-,10+,15-/m0/s1. The molecule has 8 nitrogen and oxygen atoms in total. The third-order valence-corrected chi connectivity index (χ3v) is 3.97. The molecule has 1 saturated heterocycles. The van der Waals surface area contributed by atoms with E-state index in [2.05, 4.69) is 4.98 Å². The largest absolute Gasteiger partial charge is 0.390 e. The lowest BCUT2D eigenvalue weighted by Gasteiger charge is -2.29. The highest BCUT2D eigenvalue weighted by Gasteiger charge is 2.53. The number of ether oxygens (including phenoxy) is 1. The smallest absolute Gasteiger partial charge is 0.331 e. The van der Waals surface area contributed by atoms with Crippen molar-refractivity contribution in [3.63, 3.8) is 0 Å². The zero-order chi connectivity index (χ0) is 17.6. The van der Waals surface area contributed by atoms with Crippen LogP contribution in [0.5, 0.6) is 0 Å². The maximum absolute atomic E-state index is 12.1. The van der Waals surface area contributed by atoms with Gasteiger partial charge in [-0.3, -0.25) is 19.1 Å². The molecule has 1 aromatic heterocycles. The SMILES string of the molecule is Cc1cn([C@@]2(C(N)=O)C[C@H](O)[C@@H](CC(C)(C)C)O2)c(=O)[nH]c1=O. The minimum Gasteiger partial charge on any atom is -0.390 e. The van der Waals surface area contributed by atoms with Crippen molar-refractivity contribution in [2.24, 2.45) is 11.1 Å². The quantitative estimate of drug-likeness (QED) is 0.695. The lowest BCUT2D eigenvalue weighted by Crippen LogP contribution is -2.52. The molecule has 128 valence electrons. The zero-order valence-corrected chi connectivity index (χ0v) is 13.8. The summed E-state index contributed by atoms with van der Waals surface area (Å²) >= 11 is 0. The van der Waals surface area contributed by atoms with E-state index in [1.165, 1.54) is 13.1 Å². The third-order valence-electron chi connectivity index (χ3n) is 3.97. The molecule has 3 atom stereocenters. The van der Waals surface area contributed by atoms with Crippen LogP contribution in [0.1, 0.15) is 39.2 Å². The van der Waals surface area contributed by atoms with Gasteiger partial charge in [0, 0.05) is 18.2 Å². The van der Waals surface area contributed by atoms with E-state index in [9.17, 15) is 19.5 Å². The topological polar surface area (TPSA) is 127 Å². The molecule has 8 heteroatoms. The molecular weight excluding hydrogens is 302 g/mol. The van der Waals surface area contributed by atoms with E-state index >= 15 is 0 Å². The Morgan fingerprint density at radius 2 is 2.13 bits per heavy atom. The number of aliphatic hydroxyl groups is 1. The summed E-state index contributed by atoms with van der Waals surface area (Å²) in [6.07, 6.45) is -0.00477. The van der Waals surface area contributed by atoms with Crippen molar-refractivity contribution >= 4 is 5.91 Å². The van der Waals surface area contributed by atoms with Crippen molar-refractivity contribution in [3.8, 4) is 0 Å². The first-order valence-electron chi connectivity index (χ1n) is 7.45. The van der Waals surface area contributed by atoms with Gasteiger partial charge in [0.15, 0.2) is 0 Å². The number of primary amides is 1. The third kappa shape index (κ3) is 3.23. The second-order valence-corrected chi connectivity index (χ2v) is 7.28. The average molecular weight is 325 g/mol. The van der Waals surface area contributed by atoms with Gasteiger partial charge in [0.1, 0.15) is 0 Å². The van der Waals surface area contributed by atoms with Crippen LogP contribution in [0.3, 0.4) is 0 Å². The summed E-state index contributed by atoms with van der Waals surface area (Å²) in [7, 11) is 0. The van der Waals surface area contributed by atoms with Gasteiger partial charge in [-0.25, -0.2) is 4.79 Å². The highest BCUT2D eigenvalue weighted by atomic mass is 16.6. The number of nitrogens with zero attached hydrogens (tertiary/aromatic N) is 1. The van der Waals surface area contributed by atoms with Crippen LogP contribution in [0.4, 0.5) is 0 Å². The fourth-order valence-electron chi connectivity index (χ4n) is 2.84. The van der Waals surface area contributed by atoms with E-state index in [0.717, 1.165) is 4.57 Å². The molecule has 1 aliphatic heterocycles. The fourth-order valence-corrected chi connectivity index (χ4v) is 2.84. The lowest BCUT2D eigenvalue weighted by atomic mass is 9.87. The van der Waals surface area contributed by atoms with Gasteiger partial charge in [0.05, 0.1) is 12.2 Å². The van der Waals surface area contributed by atoms with Crippen LogP contribution in [0.2, 0.25) is 0 Å². The second-order valence-electron chi connectivity index (χ2n) is 7.28. The number of amides is 1. The Kier molecular flexibility index (Phi) is 4.25. The Morgan fingerprint density at radius 3 is 2.65 bits per heavy atom. The highest BCUT2D eigenvalue weighted by Crippen LogP contribution is 2.38. The maximum atomic E-state index is 12.1. The highest BCUT2D eigenvalue weighted by molar-refractivity contribution is 5.81. The number of hydrogen-bond donors (Lipinski definition) is 3. The molecule has 1 aromatic rings. The number of aromatic amines is 1. The zero-order valence-electron chi connectivity index (χ0n) is 13.8. The summed E-state index contributed by atoms with van der Waals surface area (Å²) in [5.41, 5.74) is 2.42. The molecule has 0 radical (unpaired) electrons. The molecule has 0 aromatic carbocycles. The molecule has 1 aliphatic rings. The summed E-state index contributed by atoms with van der Waals surface area (Å²) in [6.45, 7) is 7.43. The molecule has 2 heterocycles. The van der Waals surface area contributed by atoms with Gasteiger partial charge in [0.25, 0.3) is 11.5 Å². The number of nitrogens with two attached hydrogens (primary N) is 1. The Bertz CT molecular complexity index is 730. The molecule has 23 heavy (non-hydrogen) atoms. The molecule has 0 saturated carbocycles. The molecule has 1 amide bonds. The van der Waals surface area contributed by atoms with Crippen molar-refractivity contribution in [2.75, 3.05) is 0 Å². The molecule has 0 unspecified atom stereocenters. The van der Waals surface area contributed by atoms with Gasteiger partial charge in [-0.2, -0.15) is 0 Å². The number of carbonyl (C=O) groups is 1. The molecule has 0 aliphatic carbocycles. The number of hydrogen-bond acceptors (Lipinski definition) is 5. The predicted molar refractivity (Wildman–Crippen MR) is 82.8 cm³/mol. The molecule has 2 rings (SSSR count). The van der Waals surface area contributed by atoms with Gasteiger partial charge in [0.2, 0.25) is 5.72 Å². The molecular formula is C15H23N3O5. The number of H-pyrrole nitrogens is 1. The van der Waals surface area contributed by atoms with Crippen LogP contribution in [-0.4, -0.2) is 32.8 Å². The summed E-state index contributed by atoms with van der Waals surface area (Å²) in [5.74, 6) is -0.887. The Labute approximate surface area is 133 Å². The van der Waals surface area contributed by atoms with E-state index in [4.69, 9.17) is 10.5 Å². The maximum Gasteiger partial charge on any atom is 0.331 e. The molecule has 4 N–H and O–H groups in total. The monoisotopic (exact) mass is 325 g/mol. The average Bonchev–Trinajstić information content (AvgIpc) is 2.70. The van der Waals surface area contributed by atoms with Gasteiger partial charge in [-0.1, -0.05) is 20.8 Å². The van der Waals surface area contributed by atoms with Crippen molar-refractivity contribution < 1.29 is 14.6 Å². The van der Waals surface area contributed by atoms with Gasteiger partial charge < -0.3 is 15.6 Å². The number of aliphatic hydroxyl groups excluding tert-OH is 1. The first kappa shape index (κ1) is 17.4. The van der Waals surface area contributed by atoms with Crippen molar-refractivity contribution in [1.82, 2.24) is 9.55 Å². The van der Waals surface area contributed by atoms with Crippen LogP contribution in [0.15, 0.2) is 15.8 Å². The van der Waals surface area contributed by atoms with E-state index < -0.39 is 35.1 Å².